The molecule has 4 amide bonds. The van der Waals surface area contributed by atoms with Gasteiger partial charge in [-0.3, -0.25) is 38.6 Å². The number of ether oxygens (including phenoxy) is 2. The fourth-order valence-electron chi connectivity index (χ4n) is 7.30. The van der Waals surface area contributed by atoms with Gasteiger partial charge in [0.05, 0.1) is 33.4 Å². The van der Waals surface area contributed by atoms with Crippen LogP contribution in [0.15, 0.2) is 158 Å². The Balaban J connectivity index is 0.000000197. The molecule has 0 spiro atoms. The van der Waals surface area contributed by atoms with E-state index in [9.17, 15) is 38.4 Å². The second-order valence-corrected chi connectivity index (χ2v) is 14.9. The average Bonchev–Trinajstić information content (AvgIpc) is 3.74. The summed E-state index contributed by atoms with van der Waals surface area (Å²) in [7, 11) is 0. The fourth-order valence-corrected chi connectivity index (χ4v) is 7.30. The normalized spacial score (nSPS) is 12.6. The third-order valence-corrected chi connectivity index (χ3v) is 10.6. The van der Waals surface area contributed by atoms with Crippen molar-refractivity contribution in [2.45, 2.75) is 25.7 Å². The summed E-state index contributed by atoms with van der Waals surface area (Å²) in [5, 5.41) is 0. The molecule has 0 fully saturated rings. The zero-order chi connectivity index (χ0) is 45.0. The molecule has 6 aromatic carbocycles. The van der Waals surface area contributed by atoms with Gasteiger partial charge in [-0.05, 0) is 61.4 Å². The van der Waals surface area contributed by atoms with Gasteiger partial charge in [-0.1, -0.05) is 122 Å². The predicted molar refractivity (Wildman–Crippen MR) is 235 cm³/mol. The summed E-state index contributed by atoms with van der Waals surface area (Å²) in [4.78, 5) is 102. The molecule has 12 heteroatoms. The maximum Gasteiger partial charge on any atom is 0.338 e. The molecule has 0 radical (unpaired) electrons. The van der Waals surface area contributed by atoms with Gasteiger partial charge in [-0.25, -0.2) is 9.59 Å². The Bertz CT molecular complexity index is 2490. The quantitative estimate of drug-likeness (QED) is 0.0401. The molecule has 2 heterocycles. The molecule has 6 aromatic rings. The van der Waals surface area contributed by atoms with Crippen molar-refractivity contribution in [1.82, 2.24) is 9.80 Å². The van der Waals surface area contributed by atoms with Crippen LogP contribution >= 0.6 is 0 Å². The number of benzene rings is 6. The second-order valence-electron chi connectivity index (χ2n) is 14.9. The van der Waals surface area contributed by atoms with Crippen molar-refractivity contribution in [3.63, 3.8) is 0 Å². The van der Waals surface area contributed by atoms with Gasteiger partial charge < -0.3 is 9.47 Å². The van der Waals surface area contributed by atoms with Crippen molar-refractivity contribution in [1.29, 1.82) is 0 Å². The summed E-state index contributed by atoms with van der Waals surface area (Å²) < 4.78 is 10.4. The van der Waals surface area contributed by atoms with Crippen molar-refractivity contribution in [3.8, 4) is 0 Å². The number of rotatable bonds is 16. The maximum atomic E-state index is 12.6. The number of fused-ring (bicyclic) bond motifs is 2. The predicted octanol–water partition coefficient (Wildman–Crippen LogP) is 8.30. The van der Waals surface area contributed by atoms with Gasteiger partial charge in [-0.15, -0.1) is 0 Å². The number of carbonyl (C=O) groups excluding carboxylic acids is 8. The van der Waals surface area contributed by atoms with Gasteiger partial charge in [0, 0.05) is 35.3 Å². The lowest BCUT2D eigenvalue weighted by Gasteiger charge is -2.15. The minimum Gasteiger partial charge on any atom is -0.458 e. The Morgan fingerprint density at radius 1 is 0.344 bits per heavy atom. The van der Waals surface area contributed by atoms with E-state index in [-0.39, 0.29) is 59.5 Å². The molecule has 320 valence electrons. The van der Waals surface area contributed by atoms with E-state index in [4.69, 9.17) is 9.47 Å². The number of unbranched alkanes of at least 4 members (excludes halogenated alkanes) is 3. The molecule has 0 unspecified atom stereocenters. The molecule has 2 aliphatic rings. The first-order valence-corrected chi connectivity index (χ1v) is 20.8. The number of imide groups is 2. The highest BCUT2D eigenvalue weighted by Crippen LogP contribution is 2.25. The topological polar surface area (TPSA) is 161 Å². The zero-order valence-electron chi connectivity index (χ0n) is 34.6. The Morgan fingerprint density at radius 3 is 0.984 bits per heavy atom. The van der Waals surface area contributed by atoms with Crippen molar-refractivity contribution < 1.29 is 47.8 Å². The lowest BCUT2D eigenvalue weighted by atomic mass is 10.0. The van der Waals surface area contributed by atoms with Crippen LogP contribution in [-0.2, 0) is 9.47 Å². The number of carbonyl (C=O) groups is 8. The number of hydrogen-bond donors (Lipinski definition) is 0. The molecule has 2 aliphatic heterocycles. The van der Waals surface area contributed by atoms with E-state index in [0.29, 0.717) is 70.4 Å². The number of nitrogens with zero attached hydrogens (tertiary/aromatic N) is 2. The highest BCUT2D eigenvalue weighted by molar-refractivity contribution is 6.22. The summed E-state index contributed by atoms with van der Waals surface area (Å²) >= 11 is 0. The van der Waals surface area contributed by atoms with Crippen LogP contribution in [0.3, 0.4) is 0 Å². The van der Waals surface area contributed by atoms with Crippen molar-refractivity contribution in [3.05, 3.63) is 213 Å². The monoisotopic (exact) mass is 854 g/mol. The Hall–Kier alpha value is -8.12. The van der Waals surface area contributed by atoms with Crippen molar-refractivity contribution in [2.75, 3.05) is 26.3 Å². The van der Waals surface area contributed by atoms with Crippen LogP contribution in [0.5, 0.6) is 0 Å². The summed E-state index contributed by atoms with van der Waals surface area (Å²) in [6.45, 7) is 0.451. The summed E-state index contributed by atoms with van der Waals surface area (Å²) in [5.41, 5.74) is 4.09. The van der Waals surface area contributed by atoms with Gasteiger partial charge >= 0.3 is 11.9 Å². The van der Waals surface area contributed by atoms with Gasteiger partial charge in [0.25, 0.3) is 23.6 Å². The first kappa shape index (κ1) is 44.0. The minimum atomic E-state index is -0.635. The van der Waals surface area contributed by atoms with Crippen molar-refractivity contribution in [2.24, 2.45) is 0 Å². The number of esters is 2. The van der Waals surface area contributed by atoms with E-state index in [1.54, 1.807) is 133 Å². The van der Waals surface area contributed by atoms with E-state index in [2.05, 4.69) is 0 Å². The van der Waals surface area contributed by atoms with Crippen LogP contribution in [0.25, 0.3) is 0 Å². The van der Waals surface area contributed by atoms with Crippen LogP contribution in [-0.4, -0.2) is 83.2 Å². The molecule has 64 heavy (non-hydrogen) atoms. The van der Waals surface area contributed by atoms with E-state index >= 15 is 0 Å². The Kier molecular flexibility index (Phi) is 14.2. The van der Waals surface area contributed by atoms with Gasteiger partial charge in [0.15, 0.2) is 11.6 Å². The Labute approximate surface area is 369 Å². The summed E-state index contributed by atoms with van der Waals surface area (Å²) in [6.07, 6.45) is 3.04. The molecule has 0 N–H and O–H groups in total. The van der Waals surface area contributed by atoms with Crippen LogP contribution in [0, 0.1) is 0 Å². The maximum absolute atomic E-state index is 12.6. The standard InChI is InChI=1S/C30H22O6.C22H20N2O4/c31-27(21-9-3-1-4-10-21)23-13-7-15-25(19-23)29(33)35-17-18-36-30(34)26-16-8-14-24(20-26)28(32)22-11-5-2-6-12-22;25-19-15-9-3-4-10-16(15)20(26)23(19)13-7-1-2-8-14-24-21(27)17-11-5-6-12-18(17)22(24)28/h1-16,19-20H,17-18H2;3-6,9-12H,1-2,7-8,13-14H2. The lowest BCUT2D eigenvalue weighted by Crippen LogP contribution is -2.31. The van der Waals surface area contributed by atoms with Crippen LogP contribution in [0.4, 0.5) is 0 Å². The van der Waals surface area contributed by atoms with E-state index in [1.807, 2.05) is 12.1 Å². The fraction of sp³-hybridized carbons (Fsp3) is 0.154. The van der Waals surface area contributed by atoms with Crippen LogP contribution < -0.4 is 0 Å². The molecule has 0 bridgehead atoms. The Morgan fingerprint density at radius 2 is 0.641 bits per heavy atom. The molecular formula is C52H42N2O10. The molecule has 0 aromatic heterocycles. The van der Waals surface area contributed by atoms with E-state index < -0.39 is 11.9 Å². The molecule has 12 nitrogen and oxygen atoms in total. The van der Waals surface area contributed by atoms with Gasteiger partial charge in [-0.2, -0.15) is 0 Å². The van der Waals surface area contributed by atoms with Crippen molar-refractivity contribution >= 4 is 47.1 Å². The number of hydrogen-bond acceptors (Lipinski definition) is 10. The highest BCUT2D eigenvalue weighted by Gasteiger charge is 2.35. The third-order valence-electron chi connectivity index (χ3n) is 10.6. The zero-order valence-corrected chi connectivity index (χ0v) is 34.6. The third kappa shape index (κ3) is 10.1. The van der Waals surface area contributed by atoms with Gasteiger partial charge in [0.1, 0.15) is 13.2 Å². The van der Waals surface area contributed by atoms with E-state index in [0.717, 1.165) is 12.8 Å². The van der Waals surface area contributed by atoms with Crippen LogP contribution in [0.1, 0.15) is 120 Å². The second kappa shape index (κ2) is 20.6. The van der Waals surface area contributed by atoms with Crippen LogP contribution in [0.2, 0.25) is 0 Å². The average molecular weight is 855 g/mol. The SMILES string of the molecule is O=C(OCCOC(=O)c1cccc(C(=O)c2ccccc2)c1)c1cccc(C(=O)c2ccccc2)c1.O=C1c2ccccc2C(=O)N1CCCCCCN1C(=O)c2ccccc2C1=O. The number of ketones is 2. The molecule has 8 rings (SSSR count). The minimum absolute atomic E-state index is 0.163. The molecule has 0 saturated heterocycles. The number of amides is 4. The first-order valence-electron chi connectivity index (χ1n) is 20.8. The lowest BCUT2D eigenvalue weighted by molar-refractivity contribution is 0.0265. The summed E-state index contributed by atoms with van der Waals surface area (Å²) in [5.74, 6) is -2.59. The van der Waals surface area contributed by atoms with E-state index in [1.165, 1.54) is 21.9 Å². The van der Waals surface area contributed by atoms with Gasteiger partial charge in [0.2, 0.25) is 0 Å². The smallest absolute Gasteiger partial charge is 0.338 e. The molecular weight excluding hydrogens is 813 g/mol. The molecule has 0 aliphatic carbocycles. The first-order chi connectivity index (χ1) is 31.1. The molecule has 0 atom stereocenters. The highest BCUT2D eigenvalue weighted by atomic mass is 16.6. The summed E-state index contributed by atoms with van der Waals surface area (Å²) in [6, 6.07) is 43.8. The largest absolute Gasteiger partial charge is 0.458 e. The molecule has 0 saturated carbocycles.